The molecule has 0 fully saturated rings. The number of carboxylic acid groups (broad SMARTS) is 3. The van der Waals surface area contributed by atoms with Gasteiger partial charge in [-0.25, -0.2) is 9.59 Å². The molecule has 1 atom stereocenters. The Kier molecular flexibility index (Phi) is 12.8. The number of ether oxygens (including phenoxy) is 2. The summed E-state index contributed by atoms with van der Waals surface area (Å²) in [5.41, 5.74) is 8.02. The van der Waals surface area contributed by atoms with Gasteiger partial charge >= 0.3 is 17.9 Å². The van der Waals surface area contributed by atoms with E-state index in [9.17, 15) is 14.4 Å². The molecule has 0 radical (unpaired) electrons. The number of halogens is 2. The number of hydrogen-bond acceptors (Lipinski definition) is 7. The summed E-state index contributed by atoms with van der Waals surface area (Å²) in [6.45, 7) is 6.90. The van der Waals surface area contributed by atoms with Crippen molar-refractivity contribution in [2.24, 2.45) is 0 Å². The monoisotopic (exact) mass is 782 g/mol. The van der Waals surface area contributed by atoms with E-state index in [1.165, 1.54) is 0 Å². The summed E-state index contributed by atoms with van der Waals surface area (Å²) in [6.07, 6.45) is 0. The number of aliphatic carboxylic acids is 3. The normalized spacial score (nSPS) is 11.7. The number of hydrogen-bond donors (Lipinski definition) is 5. The third-order valence-electron chi connectivity index (χ3n) is 7.93. The van der Waals surface area contributed by atoms with E-state index in [1.54, 1.807) is 25.1 Å². The highest BCUT2D eigenvalue weighted by atomic mass is 79.9. The minimum Gasteiger partial charge on any atom is -0.488 e. The van der Waals surface area contributed by atoms with Crippen LogP contribution in [0.1, 0.15) is 40.3 Å². The molecule has 4 aromatic carbocycles. The van der Waals surface area contributed by atoms with E-state index >= 15 is 0 Å². The number of carbonyl (C=O) groups is 3. The zero-order valence-electron chi connectivity index (χ0n) is 26.6. The highest BCUT2D eigenvalue weighted by Crippen LogP contribution is 2.33. The molecule has 0 saturated carbocycles. The molecular formula is C36H36Br2N2O8. The van der Waals surface area contributed by atoms with Crippen molar-refractivity contribution < 1.29 is 39.2 Å². The molecule has 0 bridgehead atoms. The lowest BCUT2D eigenvalue weighted by molar-refractivity contribution is -0.151. The van der Waals surface area contributed by atoms with Crippen molar-refractivity contribution in [3.63, 3.8) is 0 Å². The van der Waals surface area contributed by atoms with Crippen LogP contribution in [0.25, 0.3) is 11.1 Å². The van der Waals surface area contributed by atoms with E-state index in [0.717, 1.165) is 43.4 Å². The van der Waals surface area contributed by atoms with Crippen LogP contribution in [0.2, 0.25) is 0 Å². The maximum Gasteiger partial charge on any atom is 0.332 e. The molecule has 0 heterocycles. The second-order valence-electron chi connectivity index (χ2n) is 11.2. The fourth-order valence-electron chi connectivity index (χ4n) is 4.98. The molecule has 1 unspecified atom stereocenters. The Morgan fingerprint density at radius 1 is 0.667 bits per heavy atom. The van der Waals surface area contributed by atoms with Gasteiger partial charge in [0.15, 0.2) is 0 Å². The van der Waals surface area contributed by atoms with Crippen molar-refractivity contribution in [3.05, 3.63) is 115 Å². The highest BCUT2D eigenvalue weighted by molar-refractivity contribution is 9.10. The second-order valence-corrected chi connectivity index (χ2v) is 12.9. The molecule has 12 heteroatoms. The largest absolute Gasteiger partial charge is 0.488 e. The first kappa shape index (κ1) is 36.6. The van der Waals surface area contributed by atoms with Crippen LogP contribution in [0.15, 0.2) is 81.7 Å². The van der Waals surface area contributed by atoms with Crippen LogP contribution < -0.4 is 20.1 Å². The van der Waals surface area contributed by atoms with Crippen LogP contribution >= 0.6 is 31.9 Å². The summed E-state index contributed by atoms with van der Waals surface area (Å²) in [6, 6.07) is 20.9. The standard InChI is InChI=1S/C36H36Br2N2O8/c1-20-25(18-47-31-12-10-23(14-29(31)37)16-39-22(3)34(41)42)6-4-8-27(20)28-9-5-7-26(21(28)2)19-48-32-13-11-24(15-30(32)38)17-40-33(35(43)44)36(45)46/h4-15,22,33,39-40H,16-19H2,1-3H3,(H,41,42)(H,43,44)(H,45,46). The predicted molar refractivity (Wildman–Crippen MR) is 188 cm³/mol. The summed E-state index contributed by atoms with van der Waals surface area (Å²) in [7, 11) is 0. The average Bonchev–Trinajstić information content (AvgIpc) is 3.03. The third-order valence-corrected chi connectivity index (χ3v) is 9.17. The number of benzene rings is 4. The molecule has 0 aliphatic carbocycles. The average molecular weight is 784 g/mol. The van der Waals surface area contributed by atoms with Gasteiger partial charge in [0.1, 0.15) is 30.8 Å². The number of nitrogens with one attached hydrogen (secondary N) is 2. The molecule has 48 heavy (non-hydrogen) atoms. The minimum atomic E-state index is -1.70. The zero-order chi connectivity index (χ0) is 35.0. The van der Waals surface area contributed by atoms with Gasteiger partial charge in [0.05, 0.1) is 8.95 Å². The fraction of sp³-hybridized carbons (Fsp3) is 0.250. The Hall–Kier alpha value is -4.23. The molecule has 252 valence electrons. The lowest BCUT2D eigenvalue weighted by Gasteiger charge is -2.17. The highest BCUT2D eigenvalue weighted by Gasteiger charge is 2.25. The zero-order valence-corrected chi connectivity index (χ0v) is 29.7. The molecule has 10 nitrogen and oxygen atoms in total. The summed E-state index contributed by atoms with van der Waals surface area (Å²) >= 11 is 7.09. The summed E-state index contributed by atoms with van der Waals surface area (Å²) in [4.78, 5) is 33.3. The van der Waals surface area contributed by atoms with E-state index < -0.39 is 30.0 Å². The van der Waals surface area contributed by atoms with Crippen molar-refractivity contribution in [3.8, 4) is 22.6 Å². The first-order valence-corrected chi connectivity index (χ1v) is 16.6. The van der Waals surface area contributed by atoms with Gasteiger partial charge in [0.25, 0.3) is 0 Å². The van der Waals surface area contributed by atoms with Gasteiger partial charge in [-0.1, -0.05) is 48.5 Å². The molecule has 4 rings (SSSR count). The van der Waals surface area contributed by atoms with Crippen LogP contribution in [-0.4, -0.2) is 45.3 Å². The van der Waals surface area contributed by atoms with Gasteiger partial charge in [0.2, 0.25) is 6.04 Å². The summed E-state index contributed by atoms with van der Waals surface area (Å²) < 4.78 is 13.8. The van der Waals surface area contributed by atoms with Gasteiger partial charge in [-0.3, -0.25) is 10.1 Å². The lowest BCUT2D eigenvalue weighted by Crippen LogP contribution is -2.42. The van der Waals surface area contributed by atoms with Crippen LogP contribution in [0.5, 0.6) is 11.5 Å². The Bertz CT molecular complexity index is 1800. The maximum atomic E-state index is 11.1. The first-order chi connectivity index (χ1) is 22.8. The van der Waals surface area contributed by atoms with Gasteiger partial charge in [-0.05, 0) is 121 Å². The van der Waals surface area contributed by atoms with Crippen molar-refractivity contribution in [2.75, 3.05) is 0 Å². The molecule has 0 amide bonds. The van der Waals surface area contributed by atoms with E-state index in [2.05, 4.69) is 68.5 Å². The van der Waals surface area contributed by atoms with Gasteiger partial charge in [-0.2, -0.15) is 0 Å². The first-order valence-electron chi connectivity index (χ1n) is 15.0. The van der Waals surface area contributed by atoms with Crippen molar-refractivity contribution in [1.82, 2.24) is 10.6 Å². The molecule has 0 aromatic heterocycles. The third kappa shape index (κ3) is 9.44. The topological polar surface area (TPSA) is 154 Å². The van der Waals surface area contributed by atoms with Crippen molar-refractivity contribution >= 4 is 49.8 Å². The number of carboxylic acids is 3. The SMILES string of the molecule is Cc1c(COc2ccc(CNC(C)C(=O)O)cc2Br)cccc1-c1cccc(COc2ccc(CNC(C(=O)O)C(=O)O)cc2Br)c1C. The van der Waals surface area contributed by atoms with Crippen molar-refractivity contribution in [1.29, 1.82) is 0 Å². The van der Waals surface area contributed by atoms with Gasteiger partial charge < -0.3 is 30.1 Å². The fourth-order valence-corrected chi connectivity index (χ4v) is 6.06. The Morgan fingerprint density at radius 3 is 1.50 bits per heavy atom. The Morgan fingerprint density at radius 2 is 1.10 bits per heavy atom. The van der Waals surface area contributed by atoms with E-state index in [-0.39, 0.29) is 6.54 Å². The quantitative estimate of drug-likeness (QED) is 0.0764. The van der Waals surface area contributed by atoms with Gasteiger partial charge in [0, 0.05) is 13.1 Å². The van der Waals surface area contributed by atoms with Crippen molar-refractivity contribution in [2.45, 2.75) is 59.2 Å². The minimum absolute atomic E-state index is 0.0591. The van der Waals surface area contributed by atoms with E-state index in [0.29, 0.717) is 41.3 Å². The molecule has 0 spiro atoms. The van der Waals surface area contributed by atoms with Crippen LogP contribution in [0.3, 0.4) is 0 Å². The Labute approximate surface area is 295 Å². The lowest BCUT2D eigenvalue weighted by atomic mass is 9.92. The number of rotatable bonds is 16. The molecule has 0 aliphatic heterocycles. The summed E-state index contributed by atoms with van der Waals surface area (Å²) in [5, 5.41) is 32.7. The summed E-state index contributed by atoms with van der Waals surface area (Å²) in [5.74, 6) is -2.53. The predicted octanol–water partition coefficient (Wildman–Crippen LogP) is 6.84. The van der Waals surface area contributed by atoms with E-state index in [4.69, 9.17) is 24.8 Å². The second kappa shape index (κ2) is 16.7. The Balaban J connectivity index is 1.42. The van der Waals surface area contributed by atoms with E-state index in [1.807, 2.05) is 42.5 Å². The molecule has 4 aromatic rings. The molecular weight excluding hydrogens is 748 g/mol. The van der Waals surface area contributed by atoms with Crippen LogP contribution in [-0.2, 0) is 40.7 Å². The van der Waals surface area contributed by atoms with Gasteiger partial charge in [-0.15, -0.1) is 0 Å². The van der Waals surface area contributed by atoms with Crippen LogP contribution in [0.4, 0.5) is 0 Å². The molecule has 5 N–H and O–H groups in total. The maximum absolute atomic E-state index is 11.1. The smallest absolute Gasteiger partial charge is 0.332 e. The molecule has 0 aliphatic rings. The molecule has 0 saturated heterocycles. The van der Waals surface area contributed by atoms with Crippen LogP contribution in [0, 0.1) is 13.8 Å².